The number of methoxy groups -OCH3 is 3. The molecule has 1 heterocycles. The van der Waals surface area contributed by atoms with Crippen LogP contribution in [0, 0.1) is 5.41 Å². The van der Waals surface area contributed by atoms with Crippen LogP contribution in [0.15, 0.2) is 16.9 Å². The van der Waals surface area contributed by atoms with E-state index in [2.05, 4.69) is 4.98 Å². The van der Waals surface area contributed by atoms with Crippen LogP contribution in [0.2, 0.25) is 0 Å². The van der Waals surface area contributed by atoms with Crippen molar-refractivity contribution in [3.63, 3.8) is 0 Å². The standard InChI is InChI=1S/C19H23NO5S/c1-19(2,3)15(21)10-16-20-18(22)14(26-16)9-11-7-12(23-4)17(25-6)13(8-11)24-5/h7-10H,1-6H3,(H,20,22)/b14-9-,16-10+. The van der Waals surface area contributed by atoms with Crippen LogP contribution in [0.3, 0.4) is 0 Å². The van der Waals surface area contributed by atoms with Crippen LogP contribution in [0.1, 0.15) is 26.3 Å². The van der Waals surface area contributed by atoms with Crippen LogP contribution in [0.5, 0.6) is 17.2 Å². The Balaban J connectivity index is 2.57. The van der Waals surface area contributed by atoms with Gasteiger partial charge in [0.25, 0.3) is 5.56 Å². The molecule has 0 spiro atoms. The third-order valence-corrected chi connectivity index (χ3v) is 4.63. The quantitative estimate of drug-likeness (QED) is 0.858. The zero-order chi connectivity index (χ0) is 19.5. The maximum absolute atomic E-state index is 12.2. The first-order chi connectivity index (χ1) is 12.2. The smallest absolute Gasteiger partial charge is 0.266 e. The summed E-state index contributed by atoms with van der Waals surface area (Å²) in [5, 5.41) is 0. The van der Waals surface area contributed by atoms with Gasteiger partial charge in [-0.05, 0) is 23.8 Å². The van der Waals surface area contributed by atoms with E-state index in [1.54, 1.807) is 18.2 Å². The van der Waals surface area contributed by atoms with Gasteiger partial charge in [-0.25, -0.2) is 0 Å². The fourth-order valence-corrected chi connectivity index (χ4v) is 3.08. The molecular formula is C19H23NO5S. The predicted octanol–water partition coefficient (Wildman–Crippen LogP) is 1.69. The fourth-order valence-electron chi connectivity index (χ4n) is 2.20. The number of Topliss-reactive ketones (excluding diaryl/α,β-unsaturated/α-hetero) is 1. The van der Waals surface area contributed by atoms with E-state index in [0.29, 0.717) is 26.4 Å². The van der Waals surface area contributed by atoms with E-state index in [4.69, 9.17) is 14.2 Å². The van der Waals surface area contributed by atoms with Crippen molar-refractivity contribution in [2.75, 3.05) is 21.3 Å². The van der Waals surface area contributed by atoms with E-state index in [-0.39, 0.29) is 11.3 Å². The van der Waals surface area contributed by atoms with Crippen LogP contribution in [0.4, 0.5) is 0 Å². The number of ketones is 1. The Kier molecular flexibility index (Phi) is 5.92. The Morgan fingerprint density at radius 1 is 1.08 bits per heavy atom. The van der Waals surface area contributed by atoms with E-state index in [0.717, 1.165) is 5.56 Å². The number of benzene rings is 1. The van der Waals surface area contributed by atoms with Gasteiger partial charge in [0.2, 0.25) is 5.75 Å². The molecule has 0 saturated heterocycles. The molecule has 0 radical (unpaired) electrons. The van der Waals surface area contributed by atoms with Crippen LogP contribution >= 0.6 is 11.3 Å². The minimum Gasteiger partial charge on any atom is -0.493 e. The number of hydrogen-bond donors (Lipinski definition) is 1. The zero-order valence-electron chi connectivity index (χ0n) is 15.8. The monoisotopic (exact) mass is 377 g/mol. The average Bonchev–Trinajstić information content (AvgIpc) is 2.92. The van der Waals surface area contributed by atoms with Gasteiger partial charge in [-0.1, -0.05) is 20.8 Å². The molecule has 0 fully saturated rings. The molecule has 0 aliphatic carbocycles. The number of hydrogen-bond acceptors (Lipinski definition) is 6. The van der Waals surface area contributed by atoms with Gasteiger partial charge in [0.05, 0.1) is 30.5 Å². The van der Waals surface area contributed by atoms with Gasteiger partial charge >= 0.3 is 0 Å². The molecule has 26 heavy (non-hydrogen) atoms. The summed E-state index contributed by atoms with van der Waals surface area (Å²) in [6.07, 6.45) is 3.19. The highest BCUT2D eigenvalue weighted by atomic mass is 32.1. The van der Waals surface area contributed by atoms with Crippen molar-refractivity contribution < 1.29 is 19.0 Å². The van der Waals surface area contributed by atoms with Gasteiger partial charge in [-0.15, -0.1) is 11.3 Å². The number of aromatic nitrogens is 1. The first kappa shape index (κ1) is 19.8. The normalized spacial score (nSPS) is 13.0. The number of carbonyl (C=O) groups is 1. The van der Waals surface area contributed by atoms with Gasteiger partial charge < -0.3 is 19.2 Å². The van der Waals surface area contributed by atoms with Crippen molar-refractivity contribution in [3.05, 3.63) is 37.2 Å². The second-order valence-electron chi connectivity index (χ2n) is 6.65. The molecule has 0 unspecified atom stereocenters. The summed E-state index contributed by atoms with van der Waals surface area (Å²) in [7, 11) is 4.59. The van der Waals surface area contributed by atoms with E-state index >= 15 is 0 Å². The van der Waals surface area contributed by atoms with Gasteiger partial charge in [0.15, 0.2) is 17.3 Å². The molecule has 0 bridgehead atoms. The number of rotatable bonds is 5. The Morgan fingerprint density at radius 2 is 1.65 bits per heavy atom. The Labute approximate surface area is 155 Å². The van der Waals surface area contributed by atoms with Gasteiger partial charge in [-0.2, -0.15) is 0 Å². The molecule has 6 nitrogen and oxygen atoms in total. The minimum atomic E-state index is -0.499. The van der Waals surface area contributed by atoms with Crippen LogP contribution in [-0.4, -0.2) is 32.1 Å². The third-order valence-electron chi connectivity index (χ3n) is 3.67. The summed E-state index contributed by atoms with van der Waals surface area (Å²) in [5.41, 5.74) is -0.0289. The van der Waals surface area contributed by atoms with Gasteiger partial charge in [-0.3, -0.25) is 9.59 Å². The number of aromatic amines is 1. The van der Waals surface area contributed by atoms with E-state index in [1.807, 2.05) is 20.8 Å². The topological polar surface area (TPSA) is 77.6 Å². The molecule has 2 aromatic rings. The molecule has 0 saturated carbocycles. The van der Waals surface area contributed by atoms with Crippen molar-refractivity contribution in [1.82, 2.24) is 4.98 Å². The first-order valence-corrected chi connectivity index (χ1v) is 8.78. The minimum absolute atomic E-state index is 0.0469. The summed E-state index contributed by atoms with van der Waals surface area (Å²) >= 11 is 1.22. The van der Waals surface area contributed by atoms with Crippen molar-refractivity contribution in [3.8, 4) is 17.2 Å². The van der Waals surface area contributed by atoms with Crippen molar-refractivity contribution in [1.29, 1.82) is 0 Å². The van der Waals surface area contributed by atoms with Gasteiger partial charge in [0.1, 0.15) is 0 Å². The van der Waals surface area contributed by atoms with Crippen LogP contribution in [-0.2, 0) is 4.79 Å². The summed E-state index contributed by atoms with van der Waals surface area (Å²) in [6, 6.07) is 3.51. The van der Waals surface area contributed by atoms with Crippen molar-refractivity contribution in [2.45, 2.75) is 20.8 Å². The van der Waals surface area contributed by atoms with E-state index in [9.17, 15) is 9.59 Å². The van der Waals surface area contributed by atoms with E-state index < -0.39 is 5.41 Å². The molecule has 1 N–H and O–H groups in total. The molecule has 1 aromatic carbocycles. The molecule has 7 heteroatoms. The molecule has 1 aromatic heterocycles. The lowest BCUT2D eigenvalue weighted by Crippen LogP contribution is -2.22. The Bertz CT molecular complexity index is 954. The number of ether oxygens (including phenoxy) is 3. The number of nitrogens with one attached hydrogen (secondary N) is 1. The lowest BCUT2D eigenvalue weighted by atomic mass is 9.91. The molecule has 140 valence electrons. The maximum Gasteiger partial charge on any atom is 0.266 e. The number of thiazole rings is 1. The largest absolute Gasteiger partial charge is 0.493 e. The predicted molar refractivity (Wildman–Crippen MR) is 103 cm³/mol. The highest BCUT2D eigenvalue weighted by Crippen LogP contribution is 2.38. The lowest BCUT2D eigenvalue weighted by molar-refractivity contribution is -0.119. The first-order valence-electron chi connectivity index (χ1n) is 7.96. The second kappa shape index (κ2) is 7.78. The van der Waals surface area contributed by atoms with Crippen molar-refractivity contribution >= 4 is 29.3 Å². The molecular weight excluding hydrogens is 354 g/mol. The molecule has 0 aliphatic heterocycles. The summed E-state index contributed by atoms with van der Waals surface area (Å²) in [4.78, 5) is 27.1. The third kappa shape index (κ3) is 4.35. The van der Waals surface area contributed by atoms with Crippen LogP contribution in [0.25, 0.3) is 12.2 Å². The SMILES string of the molecule is COc1cc(/C=c2\s/c(=C/C(=O)C(C)(C)C)[nH]c2=O)cc(OC)c1OC. The fraction of sp³-hybridized carbons (Fsp3) is 0.368. The highest BCUT2D eigenvalue weighted by molar-refractivity contribution is 7.07. The maximum atomic E-state index is 12.2. The number of H-pyrrole nitrogens is 1. The average molecular weight is 377 g/mol. The van der Waals surface area contributed by atoms with Crippen molar-refractivity contribution in [2.24, 2.45) is 5.41 Å². The molecule has 0 amide bonds. The van der Waals surface area contributed by atoms with Crippen LogP contribution < -0.4 is 29.0 Å². The Hall–Kier alpha value is -2.54. The Morgan fingerprint density at radius 3 is 2.12 bits per heavy atom. The lowest BCUT2D eigenvalue weighted by Gasteiger charge is -2.12. The molecule has 0 aliphatic rings. The van der Waals surface area contributed by atoms with Gasteiger partial charge in [0, 0.05) is 11.5 Å². The highest BCUT2D eigenvalue weighted by Gasteiger charge is 2.18. The summed E-state index contributed by atoms with van der Waals surface area (Å²) < 4.78 is 16.9. The zero-order valence-corrected chi connectivity index (χ0v) is 16.6. The molecule has 2 rings (SSSR count). The number of carbonyl (C=O) groups excluding carboxylic acids is 1. The molecule has 0 atom stereocenters. The second-order valence-corrected chi connectivity index (χ2v) is 7.73. The summed E-state index contributed by atoms with van der Waals surface area (Å²) in [5.74, 6) is 1.44. The summed E-state index contributed by atoms with van der Waals surface area (Å²) in [6.45, 7) is 5.50. The van der Waals surface area contributed by atoms with E-state index in [1.165, 1.54) is 38.7 Å².